The lowest BCUT2D eigenvalue weighted by molar-refractivity contribution is 0.133. The van der Waals surface area contributed by atoms with Crippen LogP contribution in [0, 0.1) is 5.92 Å². The van der Waals surface area contributed by atoms with Crippen molar-refractivity contribution in [3.05, 3.63) is 70.5 Å². The zero-order chi connectivity index (χ0) is 25.1. The topological polar surface area (TPSA) is 94.3 Å². The van der Waals surface area contributed by atoms with E-state index in [2.05, 4.69) is 53.7 Å². The molecule has 0 aliphatic heterocycles. The highest BCUT2D eigenvalue weighted by Gasteiger charge is 2.37. The van der Waals surface area contributed by atoms with Crippen molar-refractivity contribution in [3.63, 3.8) is 0 Å². The summed E-state index contributed by atoms with van der Waals surface area (Å²) in [5.41, 5.74) is 4.75. The molecule has 0 spiro atoms. The minimum atomic E-state index is -0.122. The molecule has 1 N–H and O–H groups in total. The summed E-state index contributed by atoms with van der Waals surface area (Å²) in [6.45, 7) is 7.28. The summed E-state index contributed by atoms with van der Waals surface area (Å²) in [4.78, 5) is 18.5. The van der Waals surface area contributed by atoms with E-state index in [9.17, 15) is 4.79 Å². The van der Waals surface area contributed by atoms with Gasteiger partial charge in [0.1, 0.15) is 0 Å². The Hall–Kier alpha value is -3.55. The molecule has 1 aliphatic rings. The van der Waals surface area contributed by atoms with Gasteiger partial charge in [-0.25, -0.2) is 4.79 Å². The maximum absolute atomic E-state index is 13.8. The molecule has 1 saturated carbocycles. The molecule has 0 unspecified atom stereocenters. The van der Waals surface area contributed by atoms with E-state index >= 15 is 0 Å². The highest BCUT2D eigenvalue weighted by molar-refractivity contribution is 5.78. The number of aryl methyl sites for hydroxylation is 1. The predicted molar refractivity (Wildman–Crippen MR) is 141 cm³/mol. The summed E-state index contributed by atoms with van der Waals surface area (Å²) in [5, 5.41) is 14.5. The van der Waals surface area contributed by atoms with Crippen molar-refractivity contribution < 1.29 is 0 Å². The minimum absolute atomic E-state index is 0.101. The highest BCUT2D eigenvalue weighted by Crippen LogP contribution is 2.39. The normalized spacial score (nSPS) is 20.0. The summed E-state index contributed by atoms with van der Waals surface area (Å²) in [6.07, 6.45) is 11.8. The lowest BCUT2D eigenvalue weighted by Crippen LogP contribution is -2.45. The van der Waals surface area contributed by atoms with Crippen LogP contribution in [-0.4, -0.2) is 34.7 Å². The first-order valence-corrected chi connectivity index (χ1v) is 13.1. The molecule has 0 bridgehead atoms. The molecule has 1 aliphatic carbocycles. The van der Waals surface area contributed by atoms with Crippen LogP contribution in [0.4, 0.5) is 0 Å². The third kappa shape index (κ3) is 4.52. The molecule has 1 aromatic carbocycles. The summed E-state index contributed by atoms with van der Waals surface area (Å²) in [5.74, 6) is 1.02. The standard InChI is InChI=1S/C28H35N7O/c1-4-5-11-22-19-35(28(3)16-9-8-10-20(28)2)27(36)34(22)18-21-14-15-25(29-17-21)23-12-6-7-13-24(23)26-30-32-33-31-26/h6-7,12-15,17,19-20H,4-5,8-11,16,18H2,1-3H3,(H,30,31,32,33)/t20-,28+/m1/s1. The smallest absolute Gasteiger partial charge is 0.293 e. The number of aromatic nitrogens is 7. The fraction of sp³-hybridized carbons (Fsp3) is 0.464. The molecule has 1 fully saturated rings. The van der Waals surface area contributed by atoms with Crippen LogP contribution >= 0.6 is 0 Å². The Morgan fingerprint density at radius 3 is 2.67 bits per heavy atom. The second-order valence-electron chi connectivity index (χ2n) is 10.3. The largest absolute Gasteiger partial charge is 0.329 e. The Morgan fingerprint density at radius 1 is 1.14 bits per heavy atom. The quantitative estimate of drug-likeness (QED) is 0.370. The lowest BCUT2D eigenvalue weighted by atomic mass is 9.75. The first-order valence-electron chi connectivity index (χ1n) is 13.1. The summed E-state index contributed by atoms with van der Waals surface area (Å²) in [6, 6.07) is 12.0. The summed E-state index contributed by atoms with van der Waals surface area (Å²) in [7, 11) is 0. The number of unbranched alkanes of at least 4 members (excludes halogenated alkanes) is 1. The number of imidazole rings is 1. The monoisotopic (exact) mass is 485 g/mol. The molecule has 3 heterocycles. The second-order valence-corrected chi connectivity index (χ2v) is 10.3. The second kappa shape index (κ2) is 10.2. The molecule has 8 heteroatoms. The SMILES string of the molecule is CCCCc1cn([C@@]2(C)CCCC[C@H]2C)c(=O)n1Cc1ccc(-c2ccccc2-c2nn[nH]n2)nc1. The van der Waals surface area contributed by atoms with Gasteiger partial charge in [-0.1, -0.05) is 63.4 Å². The zero-order valence-electron chi connectivity index (χ0n) is 21.4. The Kier molecular flexibility index (Phi) is 6.85. The molecule has 5 rings (SSSR count). The van der Waals surface area contributed by atoms with Gasteiger partial charge in [0.25, 0.3) is 0 Å². The highest BCUT2D eigenvalue weighted by atomic mass is 16.1. The number of pyridine rings is 1. The molecular formula is C28H35N7O. The molecule has 3 aromatic heterocycles. The van der Waals surface area contributed by atoms with Crippen LogP contribution in [0.1, 0.15) is 70.6 Å². The minimum Gasteiger partial charge on any atom is -0.293 e. The van der Waals surface area contributed by atoms with Gasteiger partial charge in [0.15, 0.2) is 0 Å². The van der Waals surface area contributed by atoms with Crippen LogP contribution in [0.15, 0.2) is 53.6 Å². The van der Waals surface area contributed by atoms with Crippen molar-refractivity contribution in [1.29, 1.82) is 0 Å². The van der Waals surface area contributed by atoms with Crippen LogP contribution in [0.2, 0.25) is 0 Å². The van der Waals surface area contributed by atoms with Crippen LogP contribution in [0.25, 0.3) is 22.6 Å². The van der Waals surface area contributed by atoms with E-state index in [-0.39, 0.29) is 11.2 Å². The van der Waals surface area contributed by atoms with E-state index in [1.54, 1.807) is 0 Å². The third-order valence-corrected chi connectivity index (χ3v) is 7.99. The van der Waals surface area contributed by atoms with Crippen molar-refractivity contribution in [2.45, 2.75) is 77.8 Å². The molecule has 36 heavy (non-hydrogen) atoms. The van der Waals surface area contributed by atoms with Crippen LogP contribution in [-0.2, 0) is 18.5 Å². The van der Waals surface area contributed by atoms with Crippen LogP contribution in [0.3, 0.4) is 0 Å². The third-order valence-electron chi connectivity index (χ3n) is 7.99. The molecule has 0 amide bonds. The van der Waals surface area contributed by atoms with Crippen LogP contribution in [0.5, 0.6) is 0 Å². The molecule has 188 valence electrons. The van der Waals surface area contributed by atoms with Gasteiger partial charge in [-0.05, 0) is 55.4 Å². The fourth-order valence-corrected chi connectivity index (χ4v) is 5.51. The van der Waals surface area contributed by atoms with Gasteiger partial charge in [0, 0.05) is 34.8 Å². The maximum atomic E-state index is 13.8. The summed E-state index contributed by atoms with van der Waals surface area (Å²) >= 11 is 0. The average Bonchev–Trinajstić information content (AvgIpc) is 3.54. The van der Waals surface area contributed by atoms with E-state index in [0.717, 1.165) is 53.8 Å². The van der Waals surface area contributed by atoms with E-state index in [4.69, 9.17) is 4.98 Å². The number of aromatic amines is 1. The first kappa shape index (κ1) is 24.2. The van der Waals surface area contributed by atoms with Crippen molar-refractivity contribution in [2.75, 3.05) is 0 Å². The molecule has 2 atom stereocenters. The van der Waals surface area contributed by atoms with E-state index in [1.165, 1.54) is 19.3 Å². The lowest BCUT2D eigenvalue weighted by Gasteiger charge is -2.40. The zero-order valence-corrected chi connectivity index (χ0v) is 21.4. The molecular weight excluding hydrogens is 450 g/mol. The van der Waals surface area contributed by atoms with Gasteiger partial charge in [-0.3, -0.25) is 14.1 Å². The van der Waals surface area contributed by atoms with E-state index in [0.29, 0.717) is 18.3 Å². The van der Waals surface area contributed by atoms with Crippen LogP contribution < -0.4 is 5.69 Å². The molecule has 8 nitrogen and oxygen atoms in total. The van der Waals surface area contributed by atoms with E-state index in [1.807, 2.05) is 45.7 Å². The molecule has 0 radical (unpaired) electrons. The van der Waals surface area contributed by atoms with Crippen molar-refractivity contribution in [3.8, 4) is 22.6 Å². The Morgan fingerprint density at radius 2 is 1.97 bits per heavy atom. The first-order chi connectivity index (χ1) is 17.5. The van der Waals surface area contributed by atoms with Gasteiger partial charge >= 0.3 is 5.69 Å². The number of benzene rings is 1. The average molecular weight is 486 g/mol. The van der Waals surface area contributed by atoms with Gasteiger partial charge in [0.2, 0.25) is 5.82 Å². The van der Waals surface area contributed by atoms with Gasteiger partial charge in [-0.2, -0.15) is 5.21 Å². The number of H-pyrrole nitrogens is 1. The number of hydrogen-bond acceptors (Lipinski definition) is 5. The number of nitrogens with one attached hydrogen (secondary N) is 1. The van der Waals surface area contributed by atoms with Crippen molar-refractivity contribution >= 4 is 0 Å². The number of nitrogens with zero attached hydrogens (tertiary/aromatic N) is 6. The Balaban J connectivity index is 1.46. The summed E-state index contributed by atoms with van der Waals surface area (Å²) < 4.78 is 4.01. The predicted octanol–water partition coefficient (Wildman–Crippen LogP) is 5.21. The van der Waals surface area contributed by atoms with E-state index < -0.39 is 0 Å². The molecule has 4 aromatic rings. The Labute approximate surface area is 211 Å². The van der Waals surface area contributed by atoms with Gasteiger partial charge in [-0.15, -0.1) is 10.2 Å². The fourth-order valence-electron chi connectivity index (χ4n) is 5.51. The number of tetrazole rings is 1. The van der Waals surface area contributed by atoms with Gasteiger partial charge < -0.3 is 0 Å². The van der Waals surface area contributed by atoms with Gasteiger partial charge in [0.05, 0.1) is 12.2 Å². The van der Waals surface area contributed by atoms with Crippen molar-refractivity contribution in [2.24, 2.45) is 5.92 Å². The number of rotatable bonds is 8. The maximum Gasteiger partial charge on any atom is 0.329 e. The number of hydrogen-bond donors (Lipinski definition) is 1. The Bertz CT molecular complexity index is 1350. The van der Waals surface area contributed by atoms with Crippen molar-refractivity contribution in [1.82, 2.24) is 34.7 Å². The molecule has 0 saturated heterocycles.